The molecule has 3 aromatic rings. The van der Waals surface area contributed by atoms with Crippen LogP contribution in [0.4, 0.5) is 5.69 Å². The van der Waals surface area contributed by atoms with E-state index < -0.39 is 28.5 Å². The second-order valence-corrected chi connectivity index (χ2v) is 12.4. The summed E-state index contributed by atoms with van der Waals surface area (Å²) in [4.78, 5) is 28.3. The molecule has 2 amide bonds. The SMILES string of the molecule is CCCNC(=O)[C@H](C)N(Cc1c(Cl)cccc1Cl)C(=O)CN(c1ccc(C(C)C)cc1)S(=O)(=O)c1ccccc1. The van der Waals surface area contributed by atoms with Crippen LogP contribution in [-0.2, 0) is 26.2 Å². The topological polar surface area (TPSA) is 86.8 Å². The number of nitrogens with zero attached hydrogens (tertiary/aromatic N) is 2. The number of benzene rings is 3. The van der Waals surface area contributed by atoms with Gasteiger partial charge in [0.1, 0.15) is 12.6 Å². The third kappa shape index (κ3) is 7.56. The molecule has 40 heavy (non-hydrogen) atoms. The number of carbonyl (C=O) groups excluding carboxylic acids is 2. The molecule has 1 atom stereocenters. The predicted octanol–water partition coefficient (Wildman–Crippen LogP) is 6.26. The van der Waals surface area contributed by atoms with Crippen molar-refractivity contribution in [1.82, 2.24) is 10.2 Å². The van der Waals surface area contributed by atoms with Gasteiger partial charge in [0.2, 0.25) is 11.8 Å². The van der Waals surface area contributed by atoms with Crippen molar-refractivity contribution >= 4 is 50.7 Å². The zero-order valence-electron chi connectivity index (χ0n) is 23.1. The molecule has 0 aliphatic rings. The first-order valence-corrected chi connectivity index (χ1v) is 15.3. The zero-order valence-corrected chi connectivity index (χ0v) is 25.4. The van der Waals surface area contributed by atoms with Crippen molar-refractivity contribution in [3.8, 4) is 0 Å². The third-order valence-electron chi connectivity index (χ3n) is 6.56. The van der Waals surface area contributed by atoms with Crippen LogP contribution in [0.2, 0.25) is 10.0 Å². The Labute approximate surface area is 247 Å². The Hall–Kier alpha value is -3.07. The molecule has 0 fully saturated rings. The molecule has 0 unspecified atom stereocenters. The molecule has 1 N–H and O–H groups in total. The highest BCUT2D eigenvalue weighted by molar-refractivity contribution is 7.92. The van der Waals surface area contributed by atoms with Crippen LogP contribution < -0.4 is 9.62 Å². The number of carbonyl (C=O) groups is 2. The molecule has 214 valence electrons. The Morgan fingerprint density at radius 1 is 0.875 bits per heavy atom. The molecule has 3 aromatic carbocycles. The van der Waals surface area contributed by atoms with Crippen LogP contribution >= 0.6 is 23.2 Å². The molecule has 0 heterocycles. The minimum Gasteiger partial charge on any atom is -0.354 e. The fourth-order valence-electron chi connectivity index (χ4n) is 4.11. The van der Waals surface area contributed by atoms with Crippen molar-refractivity contribution in [2.75, 3.05) is 17.4 Å². The average molecular weight is 605 g/mol. The van der Waals surface area contributed by atoms with E-state index in [1.165, 1.54) is 17.0 Å². The summed E-state index contributed by atoms with van der Waals surface area (Å²) in [7, 11) is -4.13. The Bertz CT molecular complexity index is 1390. The van der Waals surface area contributed by atoms with Crippen LogP contribution in [0.25, 0.3) is 0 Å². The smallest absolute Gasteiger partial charge is 0.264 e. The van der Waals surface area contributed by atoms with E-state index in [0.717, 1.165) is 16.3 Å². The molecular weight excluding hydrogens is 569 g/mol. The van der Waals surface area contributed by atoms with Gasteiger partial charge in [-0.3, -0.25) is 13.9 Å². The molecule has 7 nitrogen and oxygen atoms in total. The van der Waals surface area contributed by atoms with Crippen LogP contribution in [0.5, 0.6) is 0 Å². The first kappa shape index (κ1) is 31.5. The molecule has 0 aliphatic heterocycles. The van der Waals surface area contributed by atoms with Crippen molar-refractivity contribution in [2.45, 2.75) is 57.5 Å². The number of amides is 2. The van der Waals surface area contributed by atoms with Crippen molar-refractivity contribution < 1.29 is 18.0 Å². The Kier molecular flexibility index (Phi) is 11.0. The van der Waals surface area contributed by atoms with Crippen LogP contribution in [0.1, 0.15) is 51.2 Å². The Morgan fingerprint density at radius 2 is 1.48 bits per heavy atom. The minimum atomic E-state index is -4.13. The lowest BCUT2D eigenvalue weighted by Gasteiger charge is -2.32. The van der Waals surface area contributed by atoms with Crippen molar-refractivity contribution in [1.29, 1.82) is 0 Å². The summed E-state index contributed by atoms with van der Waals surface area (Å²) in [6.07, 6.45) is 0.720. The van der Waals surface area contributed by atoms with Gasteiger partial charge in [0.25, 0.3) is 10.0 Å². The number of nitrogens with one attached hydrogen (secondary N) is 1. The van der Waals surface area contributed by atoms with Crippen LogP contribution in [0.3, 0.4) is 0 Å². The highest BCUT2D eigenvalue weighted by Gasteiger charge is 2.33. The summed E-state index contributed by atoms with van der Waals surface area (Å²) < 4.78 is 28.8. The lowest BCUT2D eigenvalue weighted by molar-refractivity contribution is -0.139. The third-order valence-corrected chi connectivity index (χ3v) is 9.06. The summed E-state index contributed by atoms with van der Waals surface area (Å²) in [5.74, 6) is -0.701. The second kappa shape index (κ2) is 14.0. The second-order valence-electron chi connectivity index (χ2n) is 9.76. The summed E-state index contributed by atoms with van der Waals surface area (Å²) in [6.45, 7) is 7.43. The molecule has 0 radical (unpaired) electrons. The number of rotatable bonds is 12. The van der Waals surface area contributed by atoms with E-state index in [4.69, 9.17) is 23.2 Å². The predicted molar refractivity (Wildman–Crippen MR) is 161 cm³/mol. The van der Waals surface area contributed by atoms with E-state index in [2.05, 4.69) is 5.32 Å². The molecule has 0 bridgehead atoms. The number of halogens is 2. The van der Waals surface area contributed by atoms with Gasteiger partial charge in [-0.15, -0.1) is 0 Å². The molecule has 0 aliphatic carbocycles. The highest BCUT2D eigenvalue weighted by atomic mass is 35.5. The Morgan fingerprint density at radius 3 is 2.02 bits per heavy atom. The normalized spacial score (nSPS) is 12.2. The lowest BCUT2D eigenvalue weighted by atomic mass is 10.0. The molecular formula is C30H35Cl2N3O4S. The van der Waals surface area contributed by atoms with Crippen molar-refractivity contribution in [2.24, 2.45) is 0 Å². The minimum absolute atomic E-state index is 0.0465. The fourth-order valence-corrected chi connectivity index (χ4v) is 6.06. The van der Waals surface area contributed by atoms with Gasteiger partial charge in [-0.25, -0.2) is 8.42 Å². The first-order chi connectivity index (χ1) is 19.0. The van der Waals surface area contributed by atoms with Crippen molar-refractivity contribution in [3.63, 3.8) is 0 Å². The molecule has 10 heteroatoms. The van der Waals surface area contributed by atoms with E-state index in [-0.39, 0.29) is 23.3 Å². The lowest BCUT2D eigenvalue weighted by Crippen LogP contribution is -2.51. The van der Waals surface area contributed by atoms with Crippen LogP contribution in [0, 0.1) is 0 Å². The standard InChI is InChI=1S/C30H35Cl2N3O4S/c1-5-18-33-30(37)22(4)34(19-26-27(31)12-9-13-28(26)32)29(36)20-35(24-16-14-23(15-17-24)21(2)3)40(38,39)25-10-7-6-8-11-25/h6-17,21-22H,5,18-20H2,1-4H3,(H,33,37)/t22-/m0/s1. The van der Waals surface area contributed by atoms with Crippen LogP contribution in [0.15, 0.2) is 77.7 Å². The van der Waals surface area contributed by atoms with Gasteiger partial charge < -0.3 is 10.2 Å². The first-order valence-electron chi connectivity index (χ1n) is 13.1. The number of sulfonamides is 1. The maximum atomic E-state index is 14.0. The van der Waals surface area contributed by atoms with Gasteiger partial charge in [-0.05, 0) is 61.2 Å². The summed E-state index contributed by atoms with van der Waals surface area (Å²) in [6, 6.07) is 19.1. The van der Waals surface area contributed by atoms with Gasteiger partial charge in [0.05, 0.1) is 10.6 Å². The molecule has 0 saturated heterocycles. The molecule has 0 spiro atoms. The number of hydrogen-bond donors (Lipinski definition) is 1. The maximum absolute atomic E-state index is 14.0. The van der Waals surface area contributed by atoms with E-state index >= 15 is 0 Å². The van der Waals surface area contributed by atoms with Gasteiger partial charge in [0, 0.05) is 28.7 Å². The maximum Gasteiger partial charge on any atom is 0.264 e. The van der Waals surface area contributed by atoms with Gasteiger partial charge in [-0.2, -0.15) is 0 Å². The van der Waals surface area contributed by atoms with E-state index in [1.807, 2.05) is 32.9 Å². The van der Waals surface area contributed by atoms with E-state index in [9.17, 15) is 18.0 Å². The Balaban J connectivity index is 2.06. The van der Waals surface area contributed by atoms with Gasteiger partial charge >= 0.3 is 0 Å². The largest absolute Gasteiger partial charge is 0.354 e. The van der Waals surface area contributed by atoms with Crippen LogP contribution in [-0.4, -0.2) is 44.3 Å². The highest BCUT2D eigenvalue weighted by Crippen LogP contribution is 2.29. The summed E-state index contributed by atoms with van der Waals surface area (Å²) in [5, 5.41) is 3.48. The zero-order chi connectivity index (χ0) is 29.4. The monoisotopic (exact) mass is 603 g/mol. The van der Waals surface area contributed by atoms with Gasteiger partial charge in [-0.1, -0.05) is 80.4 Å². The number of hydrogen-bond acceptors (Lipinski definition) is 4. The van der Waals surface area contributed by atoms with Gasteiger partial charge in [0.15, 0.2) is 0 Å². The number of anilines is 1. The molecule has 0 aromatic heterocycles. The van der Waals surface area contributed by atoms with E-state index in [0.29, 0.717) is 27.8 Å². The quantitative estimate of drug-likeness (QED) is 0.265. The molecule has 3 rings (SSSR count). The summed E-state index contributed by atoms with van der Waals surface area (Å²) >= 11 is 12.8. The molecule has 0 saturated carbocycles. The fraction of sp³-hybridized carbons (Fsp3) is 0.333. The van der Waals surface area contributed by atoms with Crippen molar-refractivity contribution in [3.05, 3.63) is 94.0 Å². The average Bonchev–Trinajstić information content (AvgIpc) is 2.94. The summed E-state index contributed by atoms with van der Waals surface area (Å²) in [5.41, 5.74) is 1.83. The van der Waals surface area contributed by atoms with E-state index in [1.54, 1.807) is 55.5 Å².